The van der Waals surface area contributed by atoms with E-state index in [1.165, 1.54) is 0 Å². The van der Waals surface area contributed by atoms with Crippen LogP contribution in [0.4, 0.5) is 5.82 Å². The van der Waals surface area contributed by atoms with E-state index in [0.717, 1.165) is 33.8 Å². The van der Waals surface area contributed by atoms with Crippen LogP contribution in [0.3, 0.4) is 0 Å². The minimum atomic E-state index is 0.341. The van der Waals surface area contributed by atoms with Gasteiger partial charge in [0, 0.05) is 28.3 Å². The molecule has 21 heavy (non-hydrogen) atoms. The smallest absolute Gasteiger partial charge is 0.163 e. The van der Waals surface area contributed by atoms with Crippen LogP contribution < -0.4 is 10.1 Å². The molecule has 0 saturated carbocycles. The molecule has 1 heterocycles. The summed E-state index contributed by atoms with van der Waals surface area (Å²) < 4.78 is 6.25. The number of methoxy groups -OCH3 is 1. The van der Waals surface area contributed by atoms with Crippen LogP contribution in [0.2, 0.25) is 0 Å². The molecule has 0 bridgehead atoms. The van der Waals surface area contributed by atoms with Gasteiger partial charge in [-0.05, 0) is 31.0 Å². The van der Waals surface area contributed by atoms with Gasteiger partial charge in [0.15, 0.2) is 5.82 Å². The first-order valence-electron chi connectivity index (χ1n) is 7.02. The number of nitrogens with zero attached hydrogens (tertiary/aromatic N) is 2. The van der Waals surface area contributed by atoms with Gasteiger partial charge in [-0.1, -0.05) is 29.8 Å². The second-order valence-corrected chi connectivity index (χ2v) is 5.89. The van der Waals surface area contributed by atoms with Gasteiger partial charge in [-0.25, -0.2) is 9.97 Å². The van der Waals surface area contributed by atoms with Crippen molar-refractivity contribution in [3.8, 4) is 17.1 Å². The normalized spacial score (nSPS) is 10.8. The molecule has 0 atom stereocenters. The van der Waals surface area contributed by atoms with Crippen molar-refractivity contribution in [3.63, 3.8) is 0 Å². The summed E-state index contributed by atoms with van der Waals surface area (Å²) in [6.45, 7) is 7.14. The lowest BCUT2D eigenvalue weighted by molar-refractivity contribution is 0.415. The van der Waals surface area contributed by atoms with E-state index in [-0.39, 0.29) is 0 Å². The molecule has 5 heteroatoms. The van der Waals surface area contributed by atoms with E-state index in [9.17, 15) is 0 Å². The first-order valence-corrected chi connectivity index (χ1v) is 7.81. The monoisotopic (exact) mass is 349 g/mol. The Morgan fingerprint density at radius 2 is 2.00 bits per heavy atom. The largest absolute Gasteiger partial charge is 0.497 e. The van der Waals surface area contributed by atoms with E-state index in [2.05, 4.69) is 52.0 Å². The third-order valence-corrected chi connectivity index (χ3v) is 3.80. The van der Waals surface area contributed by atoms with Crippen LogP contribution >= 0.6 is 15.9 Å². The predicted molar refractivity (Wildman–Crippen MR) is 90.0 cm³/mol. The Morgan fingerprint density at radius 3 is 2.62 bits per heavy atom. The summed E-state index contributed by atoms with van der Waals surface area (Å²) in [7, 11) is 1.66. The Balaban J connectivity index is 2.56. The summed E-state index contributed by atoms with van der Waals surface area (Å²) in [5, 5.41) is 3.26. The number of benzene rings is 1. The Hall–Kier alpha value is -1.62. The number of rotatable bonds is 5. The minimum absolute atomic E-state index is 0.341. The van der Waals surface area contributed by atoms with Gasteiger partial charge < -0.3 is 10.1 Å². The molecule has 0 aliphatic heterocycles. The molecule has 2 rings (SSSR count). The van der Waals surface area contributed by atoms with Crippen LogP contribution in [-0.2, 0) is 0 Å². The number of nitrogens with one attached hydrogen (secondary N) is 1. The van der Waals surface area contributed by atoms with Crippen LogP contribution in [-0.4, -0.2) is 23.6 Å². The molecule has 112 valence electrons. The van der Waals surface area contributed by atoms with Gasteiger partial charge in [0.25, 0.3) is 0 Å². The highest BCUT2D eigenvalue weighted by atomic mass is 79.9. The summed E-state index contributed by atoms with van der Waals surface area (Å²) in [4.78, 5) is 9.29. The van der Waals surface area contributed by atoms with E-state index in [4.69, 9.17) is 4.74 Å². The molecule has 1 aromatic heterocycles. The molecule has 0 saturated heterocycles. The van der Waals surface area contributed by atoms with E-state index in [0.29, 0.717) is 11.7 Å². The third-order valence-electron chi connectivity index (χ3n) is 3.11. The molecule has 1 N–H and O–H groups in total. The summed E-state index contributed by atoms with van der Waals surface area (Å²) >= 11 is 3.57. The lowest BCUT2D eigenvalue weighted by atomic mass is 10.1. The van der Waals surface area contributed by atoms with Gasteiger partial charge in [-0.3, -0.25) is 0 Å². The maximum absolute atomic E-state index is 5.29. The number of hydrogen-bond acceptors (Lipinski definition) is 4. The van der Waals surface area contributed by atoms with Crippen molar-refractivity contribution in [2.45, 2.75) is 26.7 Å². The lowest BCUT2D eigenvalue weighted by Crippen LogP contribution is -2.05. The zero-order valence-corrected chi connectivity index (χ0v) is 14.4. The van der Waals surface area contributed by atoms with Gasteiger partial charge in [0.2, 0.25) is 0 Å². The third kappa shape index (κ3) is 3.73. The molecule has 0 radical (unpaired) electrons. The van der Waals surface area contributed by atoms with Crippen molar-refractivity contribution in [3.05, 3.63) is 34.4 Å². The fourth-order valence-electron chi connectivity index (χ4n) is 1.96. The molecule has 1 aromatic carbocycles. The van der Waals surface area contributed by atoms with E-state index >= 15 is 0 Å². The average molecular weight is 350 g/mol. The minimum Gasteiger partial charge on any atom is -0.497 e. The second-order valence-electron chi connectivity index (χ2n) is 5.03. The van der Waals surface area contributed by atoms with E-state index < -0.39 is 0 Å². The maximum atomic E-state index is 5.29. The van der Waals surface area contributed by atoms with Crippen molar-refractivity contribution in [1.29, 1.82) is 0 Å². The van der Waals surface area contributed by atoms with Crippen molar-refractivity contribution < 1.29 is 4.74 Å². The lowest BCUT2D eigenvalue weighted by Gasteiger charge is -2.12. The molecule has 0 aliphatic carbocycles. The highest BCUT2D eigenvalue weighted by Crippen LogP contribution is 2.31. The Morgan fingerprint density at radius 1 is 1.24 bits per heavy atom. The molecule has 0 amide bonds. The quantitative estimate of drug-likeness (QED) is 0.864. The fourth-order valence-corrected chi connectivity index (χ4v) is 2.38. The van der Waals surface area contributed by atoms with Gasteiger partial charge in [0.05, 0.1) is 7.11 Å². The van der Waals surface area contributed by atoms with Gasteiger partial charge >= 0.3 is 0 Å². The fraction of sp³-hybridized carbons (Fsp3) is 0.375. The van der Waals surface area contributed by atoms with Crippen LogP contribution in [0, 0.1) is 0 Å². The summed E-state index contributed by atoms with van der Waals surface area (Å²) in [6.07, 6.45) is 0. The molecule has 0 aliphatic rings. The molecular weight excluding hydrogens is 330 g/mol. The van der Waals surface area contributed by atoms with Crippen LogP contribution in [0.15, 0.2) is 28.7 Å². The van der Waals surface area contributed by atoms with Crippen molar-refractivity contribution in [2.75, 3.05) is 19.0 Å². The average Bonchev–Trinajstić information content (AvgIpc) is 2.47. The highest BCUT2D eigenvalue weighted by Gasteiger charge is 2.12. The van der Waals surface area contributed by atoms with Crippen LogP contribution in [0.25, 0.3) is 11.4 Å². The van der Waals surface area contributed by atoms with Crippen molar-refractivity contribution in [2.24, 2.45) is 0 Å². The molecule has 0 unspecified atom stereocenters. The second kappa shape index (κ2) is 6.89. The molecule has 2 aromatic rings. The number of aromatic nitrogens is 2. The van der Waals surface area contributed by atoms with Crippen LogP contribution in [0.1, 0.15) is 32.4 Å². The van der Waals surface area contributed by atoms with Crippen molar-refractivity contribution in [1.82, 2.24) is 9.97 Å². The summed E-state index contributed by atoms with van der Waals surface area (Å²) in [6, 6.07) is 7.81. The molecule has 0 fully saturated rings. The zero-order chi connectivity index (χ0) is 15.4. The number of hydrogen-bond donors (Lipinski definition) is 1. The Bertz CT molecular complexity index is 629. The van der Waals surface area contributed by atoms with Gasteiger partial charge in [-0.2, -0.15) is 0 Å². The summed E-state index contributed by atoms with van der Waals surface area (Å²) in [5.41, 5.74) is 1.95. The Kier molecular flexibility index (Phi) is 5.17. The predicted octanol–water partition coefficient (Wildman–Crippen LogP) is 4.47. The first-order chi connectivity index (χ1) is 10.0. The molecular formula is C16H20BrN3O. The topological polar surface area (TPSA) is 47.0 Å². The van der Waals surface area contributed by atoms with E-state index in [1.54, 1.807) is 7.11 Å². The standard InChI is InChI=1S/C16H20BrN3O/c1-5-18-15-9-14(10(2)3)19-16(20-15)12-8-11(21-4)6-7-13(12)17/h6-10H,5H2,1-4H3,(H,18,19,20). The highest BCUT2D eigenvalue weighted by molar-refractivity contribution is 9.10. The maximum Gasteiger partial charge on any atom is 0.163 e. The van der Waals surface area contributed by atoms with Gasteiger partial charge in [-0.15, -0.1) is 0 Å². The van der Waals surface area contributed by atoms with Gasteiger partial charge in [0.1, 0.15) is 11.6 Å². The number of halogens is 1. The Labute approximate surface area is 134 Å². The zero-order valence-electron chi connectivity index (χ0n) is 12.8. The van der Waals surface area contributed by atoms with Crippen LogP contribution in [0.5, 0.6) is 5.75 Å². The summed E-state index contributed by atoms with van der Waals surface area (Å²) in [5.74, 6) is 2.68. The first kappa shape index (κ1) is 15.8. The number of ether oxygens (including phenoxy) is 1. The molecule has 0 spiro atoms. The molecule has 4 nitrogen and oxygen atoms in total. The number of anilines is 1. The SMILES string of the molecule is CCNc1cc(C(C)C)nc(-c2cc(OC)ccc2Br)n1. The van der Waals surface area contributed by atoms with Crippen molar-refractivity contribution >= 4 is 21.7 Å². The van der Waals surface area contributed by atoms with E-state index in [1.807, 2.05) is 24.3 Å².